The van der Waals surface area contributed by atoms with Crippen LogP contribution in [0.4, 0.5) is 0 Å². The van der Waals surface area contributed by atoms with Crippen molar-refractivity contribution >= 4 is 5.97 Å². The van der Waals surface area contributed by atoms with Gasteiger partial charge in [0, 0.05) is 6.61 Å². The molecular formula is C7H14O5. The Labute approximate surface area is 70.3 Å². The van der Waals surface area contributed by atoms with Crippen LogP contribution < -0.4 is 0 Å². The minimum atomic E-state index is -1.72. The Hall–Kier alpha value is -0.650. The Balaban J connectivity index is 3.56. The number of carboxylic acids is 1. The summed E-state index contributed by atoms with van der Waals surface area (Å²) in [4.78, 5) is 10.1. The second-order valence-electron chi connectivity index (χ2n) is 2.57. The van der Waals surface area contributed by atoms with Crippen LogP contribution in [0.25, 0.3) is 0 Å². The zero-order valence-corrected chi connectivity index (χ0v) is 6.68. The van der Waals surface area contributed by atoms with Crippen LogP contribution in [0.1, 0.15) is 19.3 Å². The van der Waals surface area contributed by atoms with Gasteiger partial charge >= 0.3 is 5.97 Å². The molecule has 72 valence electrons. The van der Waals surface area contributed by atoms with Crippen molar-refractivity contribution in [1.82, 2.24) is 0 Å². The summed E-state index contributed by atoms with van der Waals surface area (Å²) in [6.45, 7) is 0.00981. The molecule has 0 aromatic heterocycles. The summed E-state index contributed by atoms with van der Waals surface area (Å²) in [6, 6.07) is 0. The summed E-state index contributed by atoms with van der Waals surface area (Å²) in [5.41, 5.74) is 0. The molecule has 2 atom stereocenters. The van der Waals surface area contributed by atoms with E-state index >= 15 is 0 Å². The number of carbonyl (C=O) groups is 1. The number of hydrogen-bond donors (Lipinski definition) is 4. The second kappa shape index (κ2) is 5.93. The highest BCUT2D eigenvalue weighted by atomic mass is 16.4. The Morgan fingerprint density at radius 2 is 1.83 bits per heavy atom. The third kappa shape index (κ3) is 4.27. The molecule has 4 N–H and O–H groups in total. The van der Waals surface area contributed by atoms with E-state index in [1.54, 1.807) is 0 Å². The van der Waals surface area contributed by atoms with E-state index in [1.165, 1.54) is 0 Å². The monoisotopic (exact) mass is 178 g/mol. The van der Waals surface area contributed by atoms with Crippen LogP contribution in [0, 0.1) is 0 Å². The number of carboxylic acid groups (broad SMARTS) is 1. The molecule has 12 heavy (non-hydrogen) atoms. The molecule has 0 amide bonds. The van der Waals surface area contributed by atoms with Gasteiger partial charge in [-0.3, -0.25) is 0 Å². The van der Waals surface area contributed by atoms with Gasteiger partial charge in [0.1, 0.15) is 0 Å². The summed E-state index contributed by atoms with van der Waals surface area (Å²) >= 11 is 0. The van der Waals surface area contributed by atoms with Crippen molar-refractivity contribution in [1.29, 1.82) is 0 Å². The van der Waals surface area contributed by atoms with E-state index < -0.39 is 18.2 Å². The van der Waals surface area contributed by atoms with Crippen LogP contribution in [-0.2, 0) is 4.79 Å². The predicted molar refractivity (Wildman–Crippen MR) is 40.6 cm³/mol. The summed E-state index contributed by atoms with van der Waals surface area (Å²) in [7, 11) is 0. The lowest BCUT2D eigenvalue weighted by atomic mass is 10.1. The molecule has 0 aliphatic heterocycles. The molecule has 5 nitrogen and oxygen atoms in total. The van der Waals surface area contributed by atoms with Crippen LogP contribution in [0.5, 0.6) is 0 Å². The highest BCUT2D eigenvalue weighted by Gasteiger charge is 2.22. The van der Waals surface area contributed by atoms with E-state index in [4.69, 9.17) is 20.4 Å². The third-order valence-corrected chi connectivity index (χ3v) is 1.53. The number of hydrogen-bond acceptors (Lipinski definition) is 4. The lowest BCUT2D eigenvalue weighted by molar-refractivity contribution is -0.153. The molecule has 0 rings (SSSR count). The zero-order valence-electron chi connectivity index (χ0n) is 6.68. The van der Waals surface area contributed by atoms with Gasteiger partial charge < -0.3 is 20.4 Å². The van der Waals surface area contributed by atoms with E-state index in [9.17, 15) is 4.79 Å². The minimum Gasteiger partial charge on any atom is -0.479 e. The zero-order chi connectivity index (χ0) is 9.56. The van der Waals surface area contributed by atoms with E-state index in [2.05, 4.69) is 0 Å². The van der Waals surface area contributed by atoms with Crippen LogP contribution in [0.15, 0.2) is 0 Å². The van der Waals surface area contributed by atoms with E-state index in [-0.39, 0.29) is 13.0 Å². The van der Waals surface area contributed by atoms with Gasteiger partial charge in [-0.05, 0) is 19.3 Å². The van der Waals surface area contributed by atoms with Crippen LogP contribution in [0.2, 0.25) is 0 Å². The van der Waals surface area contributed by atoms with Gasteiger partial charge in [-0.2, -0.15) is 0 Å². The highest BCUT2D eigenvalue weighted by molar-refractivity contribution is 5.72. The maximum Gasteiger partial charge on any atom is 0.335 e. The number of rotatable bonds is 6. The largest absolute Gasteiger partial charge is 0.479 e. The molecule has 0 aromatic carbocycles. The molecule has 0 spiro atoms. The molecule has 0 heterocycles. The fraction of sp³-hybridized carbons (Fsp3) is 0.857. The first-order valence-corrected chi connectivity index (χ1v) is 3.79. The third-order valence-electron chi connectivity index (χ3n) is 1.53. The maximum atomic E-state index is 10.1. The molecule has 0 fully saturated rings. The lowest BCUT2D eigenvalue weighted by Crippen LogP contribution is -2.33. The molecule has 0 saturated carbocycles. The summed E-state index contributed by atoms with van der Waals surface area (Å²) in [5, 5.41) is 34.4. The fourth-order valence-corrected chi connectivity index (χ4v) is 0.788. The van der Waals surface area contributed by atoms with Crippen LogP contribution in [0.3, 0.4) is 0 Å². The van der Waals surface area contributed by atoms with Crippen LogP contribution in [-0.4, -0.2) is 45.2 Å². The topological polar surface area (TPSA) is 98.0 Å². The maximum absolute atomic E-state index is 10.1. The minimum absolute atomic E-state index is 0.00981. The number of aliphatic hydroxyl groups excluding tert-OH is 3. The molecule has 0 bridgehead atoms. The van der Waals surface area contributed by atoms with Crippen molar-refractivity contribution in [3.05, 3.63) is 0 Å². The molecule has 0 aliphatic carbocycles. The molecule has 0 saturated heterocycles. The summed E-state index contributed by atoms with van der Waals surface area (Å²) < 4.78 is 0. The second-order valence-corrected chi connectivity index (χ2v) is 2.57. The molecule has 0 aromatic rings. The van der Waals surface area contributed by atoms with Crippen molar-refractivity contribution < 1.29 is 25.2 Å². The SMILES string of the molecule is O=C(O)C(O)C(O)CCCCO. The standard InChI is InChI=1S/C7H14O5/c8-4-2-1-3-5(9)6(10)7(11)12/h5-6,8-10H,1-4H2,(H,11,12). The quantitative estimate of drug-likeness (QED) is 0.389. The fourth-order valence-electron chi connectivity index (χ4n) is 0.788. The summed E-state index contributed by atoms with van der Waals surface area (Å²) in [5.74, 6) is -1.42. The first kappa shape index (κ1) is 11.4. The molecule has 0 aliphatic rings. The van der Waals surface area contributed by atoms with Gasteiger partial charge in [0.15, 0.2) is 6.10 Å². The molecular weight excluding hydrogens is 164 g/mol. The van der Waals surface area contributed by atoms with Crippen molar-refractivity contribution in [2.24, 2.45) is 0 Å². The van der Waals surface area contributed by atoms with Crippen molar-refractivity contribution in [2.45, 2.75) is 31.5 Å². The Kier molecular flexibility index (Phi) is 5.61. The summed E-state index contributed by atoms with van der Waals surface area (Å²) in [6.07, 6.45) is -1.77. The molecule has 2 unspecified atom stereocenters. The van der Waals surface area contributed by atoms with Gasteiger partial charge in [0.25, 0.3) is 0 Å². The first-order valence-electron chi connectivity index (χ1n) is 3.79. The number of aliphatic hydroxyl groups is 3. The van der Waals surface area contributed by atoms with Gasteiger partial charge in [0.05, 0.1) is 6.10 Å². The molecule has 0 radical (unpaired) electrons. The van der Waals surface area contributed by atoms with Crippen molar-refractivity contribution in [3.63, 3.8) is 0 Å². The Morgan fingerprint density at radius 3 is 2.25 bits per heavy atom. The predicted octanol–water partition coefficient (Wildman–Crippen LogP) is -1.04. The normalized spacial score (nSPS) is 15.6. The van der Waals surface area contributed by atoms with E-state index in [0.717, 1.165) is 0 Å². The van der Waals surface area contributed by atoms with Crippen molar-refractivity contribution in [3.8, 4) is 0 Å². The van der Waals surface area contributed by atoms with Gasteiger partial charge in [0.2, 0.25) is 0 Å². The average Bonchev–Trinajstić information content (AvgIpc) is 2.03. The van der Waals surface area contributed by atoms with E-state index in [0.29, 0.717) is 12.8 Å². The van der Waals surface area contributed by atoms with Crippen LogP contribution >= 0.6 is 0 Å². The smallest absolute Gasteiger partial charge is 0.335 e. The Bertz CT molecular complexity index is 136. The highest BCUT2D eigenvalue weighted by Crippen LogP contribution is 2.04. The van der Waals surface area contributed by atoms with Crippen molar-refractivity contribution in [2.75, 3.05) is 6.61 Å². The Morgan fingerprint density at radius 1 is 1.25 bits per heavy atom. The number of aliphatic carboxylic acids is 1. The van der Waals surface area contributed by atoms with Gasteiger partial charge in [-0.25, -0.2) is 4.79 Å². The molecule has 5 heteroatoms. The van der Waals surface area contributed by atoms with Gasteiger partial charge in [-0.15, -0.1) is 0 Å². The number of unbranched alkanes of at least 4 members (excludes halogenated alkanes) is 1. The van der Waals surface area contributed by atoms with Gasteiger partial charge in [-0.1, -0.05) is 0 Å². The average molecular weight is 178 g/mol. The van der Waals surface area contributed by atoms with E-state index in [1.807, 2.05) is 0 Å². The lowest BCUT2D eigenvalue weighted by Gasteiger charge is -2.12. The first-order chi connectivity index (χ1) is 5.59.